The molecule has 0 unspecified atom stereocenters. The molecule has 106 valence electrons. The molecule has 0 aliphatic rings. The van der Waals surface area contributed by atoms with Gasteiger partial charge in [-0.15, -0.1) is 0 Å². The summed E-state index contributed by atoms with van der Waals surface area (Å²) < 4.78 is 5.61. The van der Waals surface area contributed by atoms with E-state index in [1.165, 1.54) is 13.8 Å². The summed E-state index contributed by atoms with van der Waals surface area (Å²) >= 11 is 0. The average molecular weight is 273 g/mol. The van der Waals surface area contributed by atoms with Gasteiger partial charge in [0.2, 0.25) is 5.78 Å². The Morgan fingerprint density at radius 1 is 1.25 bits per heavy atom. The van der Waals surface area contributed by atoms with Crippen LogP contribution >= 0.6 is 0 Å². The molecule has 0 radical (unpaired) electrons. The van der Waals surface area contributed by atoms with Crippen molar-refractivity contribution in [1.29, 1.82) is 0 Å². The Morgan fingerprint density at radius 3 is 2.50 bits per heavy atom. The SMILES string of the molecule is CC(=O)C#Cc1ccc(OCCN(C)C)c(C(C)=O)c1. The monoisotopic (exact) mass is 273 g/mol. The van der Waals surface area contributed by atoms with E-state index >= 15 is 0 Å². The number of carbonyl (C=O) groups is 2. The zero-order chi connectivity index (χ0) is 15.1. The maximum absolute atomic E-state index is 11.6. The Balaban J connectivity index is 2.94. The molecule has 0 spiro atoms. The lowest BCUT2D eigenvalue weighted by molar-refractivity contribution is -0.111. The summed E-state index contributed by atoms with van der Waals surface area (Å²) in [5.74, 6) is 5.44. The summed E-state index contributed by atoms with van der Waals surface area (Å²) in [6, 6.07) is 5.12. The molecule has 1 rings (SSSR count). The Kier molecular flexibility index (Phi) is 5.95. The highest BCUT2D eigenvalue weighted by Crippen LogP contribution is 2.20. The third-order valence-electron chi connectivity index (χ3n) is 2.54. The van der Waals surface area contributed by atoms with Gasteiger partial charge in [-0.25, -0.2) is 0 Å². The van der Waals surface area contributed by atoms with E-state index in [4.69, 9.17) is 4.74 Å². The second-order valence-electron chi connectivity index (χ2n) is 4.73. The van der Waals surface area contributed by atoms with Crippen LogP contribution in [0.4, 0.5) is 0 Å². The molecule has 0 saturated carbocycles. The van der Waals surface area contributed by atoms with E-state index in [-0.39, 0.29) is 11.6 Å². The Bertz CT molecular complexity index is 565. The van der Waals surface area contributed by atoms with E-state index in [0.717, 1.165) is 6.54 Å². The molecular weight excluding hydrogens is 254 g/mol. The van der Waals surface area contributed by atoms with Crippen LogP contribution in [0.1, 0.15) is 29.8 Å². The van der Waals surface area contributed by atoms with Gasteiger partial charge in [0.25, 0.3) is 0 Å². The first kappa shape index (κ1) is 15.9. The average Bonchev–Trinajstić information content (AvgIpc) is 2.36. The van der Waals surface area contributed by atoms with Crippen LogP contribution in [0.3, 0.4) is 0 Å². The van der Waals surface area contributed by atoms with Crippen LogP contribution in [0.15, 0.2) is 18.2 Å². The molecule has 0 heterocycles. The summed E-state index contributed by atoms with van der Waals surface area (Å²) in [6.45, 7) is 4.16. The highest BCUT2D eigenvalue weighted by atomic mass is 16.5. The number of nitrogens with zero attached hydrogens (tertiary/aromatic N) is 1. The zero-order valence-corrected chi connectivity index (χ0v) is 12.3. The van der Waals surface area contributed by atoms with Gasteiger partial charge in [0, 0.05) is 19.0 Å². The van der Waals surface area contributed by atoms with Crippen LogP contribution in [0.5, 0.6) is 5.75 Å². The molecule has 1 aromatic rings. The smallest absolute Gasteiger partial charge is 0.202 e. The fourth-order valence-corrected chi connectivity index (χ4v) is 1.51. The van der Waals surface area contributed by atoms with Gasteiger partial charge in [0.15, 0.2) is 5.78 Å². The quantitative estimate of drug-likeness (QED) is 0.606. The minimum atomic E-state index is -0.208. The van der Waals surface area contributed by atoms with E-state index in [1.807, 2.05) is 19.0 Å². The number of benzene rings is 1. The zero-order valence-electron chi connectivity index (χ0n) is 12.3. The van der Waals surface area contributed by atoms with E-state index in [2.05, 4.69) is 11.8 Å². The highest BCUT2D eigenvalue weighted by molar-refractivity contribution is 5.97. The fraction of sp³-hybridized carbons (Fsp3) is 0.375. The lowest BCUT2D eigenvalue weighted by Gasteiger charge is -2.13. The number of hydrogen-bond donors (Lipinski definition) is 0. The number of ether oxygens (including phenoxy) is 1. The van der Waals surface area contributed by atoms with Gasteiger partial charge >= 0.3 is 0 Å². The van der Waals surface area contributed by atoms with Crippen LogP contribution < -0.4 is 4.74 Å². The summed E-state index contributed by atoms with van der Waals surface area (Å²) in [5, 5.41) is 0. The minimum Gasteiger partial charge on any atom is -0.491 e. The summed E-state index contributed by atoms with van der Waals surface area (Å²) in [4.78, 5) is 24.5. The van der Waals surface area contributed by atoms with Gasteiger partial charge in [0.1, 0.15) is 12.4 Å². The Hall–Kier alpha value is -2.12. The molecular formula is C16H19NO3. The lowest BCUT2D eigenvalue weighted by Crippen LogP contribution is -2.20. The second-order valence-corrected chi connectivity index (χ2v) is 4.73. The lowest BCUT2D eigenvalue weighted by atomic mass is 10.1. The molecule has 0 bridgehead atoms. The Labute approximate surface area is 119 Å². The number of likely N-dealkylation sites (N-methyl/N-ethyl adjacent to an activating group) is 1. The largest absolute Gasteiger partial charge is 0.491 e. The number of hydrogen-bond acceptors (Lipinski definition) is 4. The molecule has 0 aliphatic carbocycles. The number of ketones is 2. The van der Waals surface area contributed by atoms with Crippen molar-refractivity contribution in [2.45, 2.75) is 13.8 Å². The van der Waals surface area contributed by atoms with Gasteiger partial charge in [-0.05, 0) is 45.1 Å². The first-order chi connectivity index (χ1) is 9.40. The predicted octanol–water partition coefficient (Wildman–Crippen LogP) is 1.77. The van der Waals surface area contributed by atoms with Crippen molar-refractivity contribution in [3.05, 3.63) is 29.3 Å². The summed E-state index contributed by atoms with van der Waals surface area (Å²) in [7, 11) is 3.91. The third kappa shape index (κ3) is 5.25. The number of carbonyl (C=O) groups excluding carboxylic acids is 2. The van der Waals surface area contributed by atoms with Gasteiger partial charge < -0.3 is 9.64 Å². The van der Waals surface area contributed by atoms with Crippen LogP contribution in [-0.4, -0.2) is 43.7 Å². The minimum absolute atomic E-state index is 0.0867. The van der Waals surface area contributed by atoms with Crippen molar-refractivity contribution in [2.24, 2.45) is 0 Å². The Morgan fingerprint density at radius 2 is 1.95 bits per heavy atom. The van der Waals surface area contributed by atoms with Crippen molar-refractivity contribution in [3.8, 4) is 17.6 Å². The molecule has 0 amide bonds. The molecule has 1 aromatic carbocycles. The standard InChI is InChI=1S/C16H19NO3/c1-12(18)5-6-14-7-8-16(15(11-14)13(2)19)20-10-9-17(3)4/h7-8,11H,9-10H2,1-4H3. The van der Waals surface area contributed by atoms with E-state index < -0.39 is 0 Å². The molecule has 20 heavy (non-hydrogen) atoms. The van der Waals surface area contributed by atoms with E-state index in [9.17, 15) is 9.59 Å². The summed E-state index contributed by atoms with van der Waals surface area (Å²) in [5.41, 5.74) is 1.12. The maximum atomic E-state index is 11.6. The van der Waals surface area contributed by atoms with Crippen LogP contribution in [0.2, 0.25) is 0 Å². The van der Waals surface area contributed by atoms with Crippen LogP contribution in [0.25, 0.3) is 0 Å². The van der Waals surface area contributed by atoms with Crippen molar-refractivity contribution in [1.82, 2.24) is 4.90 Å². The first-order valence-corrected chi connectivity index (χ1v) is 6.35. The summed E-state index contributed by atoms with van der Waals surface area (Å²) in [6.07, 6.45) is 0. The van der Waals surface area contributed by atoms with Crippen molar-refractivity contribution < 1.29 is 14.3 Å². The van der Waals surface area contributed by atoms with Crippen molar-refractivity contribution >= 4 is 11.6 Å². The highest BCUT2D eigenvalue weighted by Gasteiger charge is 2.09. The molecule has 4 nitrogen and oxygen atoms in total. The third-order valence-corrected chi connectivity index (χ3v) is 2.54. The fourth-order valence-electron chi connectivity index (χ4n) is 1.51. The predicted molar refractivity (Wildman–Crippen MR) is 78.1 cm³/mol. The van der Waals surface area contributed by atoms with E-state index in [1.54, 1.807) is 18.2 Å². The van der Waals surface area contributed by atoms with Crippen LogP contribution in [0, 0.1) is 11.8 Å². The molecule has 0 aliphatic heterocycles. The van der Waals surface area contributed by atoms with Gasteiger partial charge in [-0.3, -0.25) is 9.59 Å². The van der Waals surface area contributed by atoms with Gasteiger partial charge in [-0.1, -0.05) is 5.92 Å². The van der Waals surface area contributed by atoms with E-state index in [0.29, 0.717) is 23.5 Å². The number of Topliss-reactive ketones (excluding diaryl/α,β-unsaturated/α-hetero) is 2. The topological polar surface area (TPSA) is 46.6 Å². The molecule has 0 aromatic heterocycles. The molecule has 0 fully saturated rings. The molecule has 0 atom stereocenters. The van der Waals surface area contributed by atoms with Crippen LogP contribution in [-0.2, 0) is 4.79 Å². The van der Waals surface area contributed by atoms with Gasteiger partial charge in [-0.2, -0.15) is 0 Å². The first-order valence-electron chi connectivity index (χ1n) is 6.35. The molecule has 4 heteroatoms. The molecule has 0 saturated heterocycles. The van der Waals surface area contributed by atoms with Crippen molar-refractivity contribution in [2.75, 3.05) is 27.2 Å². The maximum Gasteiger partial charge on any atom is 0.202 e. The second kappa shape index (κ2) is 7.46. The van der Waals surface area contributed by atoms with Gasteiger partial charge in [0.05, 0.1) is 5.56 Å². The normalized spacial score (nSPS) is 9.85. The molecule has 0 N–H and O–H groups in total. The van der Waals surface area contributed by atoms with Crippen molar-refractivity contribution in [3.63, 3.8) is 0 Å². The number of rotatable bonds is 5.